The van der Waals surface area contributed by atoms with Crippen LogP contribution in [0.3, 0.4) is 0 Å². The van der Waals surface area contributed by atoms with E-state index >= 15 is 0 Å². The average molecular weight is 514 g/mol. The van der Waals surface area contributed by atoms with Gasteiger partial charge < -0.3 is 13.4 Å². The molecule has 3 heteroatoms. The van der Waals surface area contributed by atoms with E-state index in [4.69, 9.17) is 8.83 Å². The van der Waals surface area contributed by atoms with Gasteiger partial charge in [0.2, 0.25) is 0 Å². The molecule has 40 heavy (non-hydrogen) atoms. The quantitative estimate of drug-likeness (QED) is 0.230. The van der Waals surface area contributed by atoms with Crippen molar-refractivity contribution in [2.75, 3.05) is 0 Å². The summed E-state index contributed by atoms with van der Waals surface area (Å²) in [6, 6.07) is 43.0. The largest absolute Gasteiger partial charge is 0.456 e. The van der Waals surface area contributed by atoms with Crippen molar-refractivity contribution in [3.63, 3.8) is 0 Å². The fourth-order valence-corrected chi connectivity index (χ4v) is 6.43. The number of nitrogens with zero attached hydrogens (tertiary/aromatic N) is 1. The third-order valence-corrected chi connectivity index (χ3v) is 8.24. The molecule has 0 saturated carbocycles. The van der Waals surface area contributed by atoms with Crippen LogP contribution in [0.2, 0.25) is 0 Å². The predicted molar refractivity (Wildman–Crippen MR) is 166 cm³/mol. The van der Waals surface area contributed by atoms with Crippen molar-refractivity contribution in [2.24, 2.45) is 0 Å². The molecule has 3 nitrogen and oxygen atoms in total. The maximum Gasteiger partial charge on any atom is 0.137 e. The number of hydrogen-bond donors (Lipinski definition) is 0. The van der Waals surface area contributed by atoms with Crippen molar-refractivity contribution in [3.05, 3.63) is 127 Å². The van der Waals surface area contributed by atoms with E-state index in [2.05, 4.69) is 121 Å². The van der Waals surface area contributed by atoms with Gasteiger partial charge in [-0.2, -0.15) is 0 Å². The summed E-state index contributed by atoms with van der Waals surface area (Å²) < 4.78 is 14.8. The lowest BCUT2D eigenvalue weighted by molar-refractivity contribution is 0.668. The average Bonchev–Trinajstić information content (AvgIpc) is 3.66. The maximum absolute atomic E-state index is 6.29. The van der Waals surface area contributed by atoms with Gasteiger partial charge in [0, 0.05) is 32.6 Å². The van der Waals surface area contributed by atoms with Crippen molar-refractivity contribution in [1.82, 2.24) is 4.57 Å². The normalized spacial score (nSPS) is 12.1. The molecule has 0 unspecified atom stereocenters. The summed E-state index contributed by atoms with van der Waals surface area (Å²) >= 11 is 0. The Morgan fingerprint density at radius 2 is 1.18 bits per heavy atom. The third kappa shape index (κ3) is 2.95. The highest BCUT2D eigenvalue weighted by Gasteiger charge is 2.19. The van der Waals surface area contributed by atoms with E-state index in [1.54, 1.807) is 0 Å². The maximum atomic E-state index is 6.29. The summed E-state index contributed by atoms with van der Waals surface area (Å²) in [5.74, 6) is 0. The van der Waals surface area contributed by atoms with Crippen LogP contribution < -0.4 is 0 Å². The second kappa shape index (κ2) is 7.87. The molecule has 6 aromatic carbocycles. The fourth-order valence-electron chi connectivity index (χ4n) is 6.43. The van der Waals surface area contributed by atoms with Crippen LogP contribution in [0.15, 0.2) is 130 Å². The number of fused-ring (bicyclic) bond motifs is 10. The Kier molecular flexibility index (Phi) is 4.26. The van der Waals surface area contributed by atoms with Crippen molar-refractivity contribution in [1.29, 1.82) is 0 Å². The first-order chi connectivity index (χ1) is 19.7. The van der Waals surface area contributed by atoms with Crippen LogP contribution in [0.4, 0.5) is 0 Å². The minimum absolute atomic E-state index is 0.904. The van der Waals surface area contributed by atoms with Gasteiger partial charge in [0.05, 0.1) is 16.4 Å². The van der Waals surface area contributed by atoms with Gasteiger partial charge in [-0.3, -0.25) is 0 Å². The number of aryl methyl sites for hydroxylation is 1. The number of hydrogen-bond acceptors (Lipinski definition) is 2. The summed E-state index contributed by atoms with van der Waals surface area (Å²) in [6.07, 6.45) is 0. The van der Waals surface area contributed by atoms with Gasteiger partial charge in [-0.25, -0.2) is 0 Å². The molecule has 0 aliphatic carbocycles. The highest BCUT2D eigenvalue weighted by atomic mass is 16.3. The molecule has 3 heterocycles. The van der Waals surface area contributed by atoms with E-state index in [9.17, 15) is 0 Å². The Morgan fingerprint density at radius 3 is 2.10 bits per heavy atom. The Bertz CT molecular complexity index is 2450. The standard InChI is InChI=1S/C37H23NO2/c1-22-13-16-33-29(19-22)30-21-24(14-17-34(30)39-33)23-7-6-8-25(20-23)38-31-11-4-2-9-26(31)27-15-18-35-36(37(27)38)28-10-3-5-12-32(28)40-35/h2-21H,1H3. The molecule has 0 aliphatic rings. The van der Waals surface area contributed by atoms with Gasteiger partial charge in [0.1, 0.15) is 22.3 Å². The lowest BCUT2D eigenvalue weighted by atomic mass is 10.0. The van der Waals surface area contributed by atoms with Crippen molar-refractivity contribution in [3.8, 4) is 16.8 Å². The minimum Gasteiger partial charge on any atom is -0.456 e. The molecule has 188 valence electrons. The topological polar surface area (TPSA) is 31.2 Å². The highest BCUT2D eigenvalue weighted by molar-refractivity contribution is 6.24. The zero-order valence-electron chi connectivity index (χ0n) is 21.8. The van der Waals surface area contributed by atoms with Crippen LogP contribution in [0.1, 0.15) is 5.56 Å². The highest BCUT2D eigenvalue weighted by Crippen LogP contribution is 2.41. The molecule has 9 rings (SSSR count). The van der Waals surface area contributed by atoms with Crippen molar-refractivity contribution >= 4 is 65.7 Å². The molecule has 0 bridgehead atoms. The van der Waals surface area contributed by atoms with Crippen LogP contribution in [0.25, 0.3) is 82.5 Å². The summed E-state index contributed by atoms with van der Waals surface area (Å²) in [4.78, 5) is 0. The zero-order valence-corrected chi connectivity index (χ0v) is 21.8. The van der Waals surface area contributed by atoms with Crippen LogP contribution in [-0.4, -0.2) is 4.57 Å². The molecular formula is C37H23NO2. The second-order valence-corrected chi connectivity index (χ2v) is 10.6. The molecule has 0 radical (unpaired) electrons. The van der Waals surface area contributed by atoms with Crippen LogP contribution >= 0.6 is 0 Å². The van der Waals surface area contributed by atoms with Crippen molar-refractivity contribution in [2.45, 2.75) is 6.92 Å². The van der Waals surface area contributed by atoms with Gasteiger partial charge in [0.15, 0.2) is 0 Å². The fraction of sp³-hybridized carbons (Fsp3) is 0.0270. The molecule has 3 aromatic heterocycles. The molecule has 9 aromatic rings. The summed E-state index contributed by atoms with van der Waals surface area (Å²) in [5, 5.41) is 7.04. The number of benzene rings is 6. The van der Waals surface area contributed by atoms with E-state index in [1.807, 2.05) is 12.1 Å². The molecule has 0 N–H and O–H groups in total. The van der Waals surface area contributed by atoms with Crippen LogP contribution in [0, 0.1) is 6.92 Å². The Balaban J connectivity index is 1.33. The van der Waals surface area contributed by atoms with Gasteiger partial charge in [-0.1, -0.05) is 66.2 Å². The number of rotatable bonds is 2. The Hall–Kier alpha value is -5.28. The molecule has 0 atom stereocenters. The van der Waals surface area contributed by atoms with Gasteiger partial charge in [-0.15, -0.1) is 0 Å². The van der Waals surface area contributed by atoms with Gasteiger partial charge in [-0.05, 0) is 78.7 Å². The summed E-state index contributed by atoms with van der Waals surface area (Å²) in [7, 11) is 0. The first-order valence-corrected chi connectivity index (χ1v) is 13.6. The first-order valence-electron chi connectivity index (χ1n) is 13.6. The summed E-state index contributed by atoms with van der Waals surface area (Å²) in [6.45, 7) is 2.12. The minimum atomic E-state index is 0.904. The number of para-hydroxylation sites is 2. The predicted octanol–water partition coefficient (Wildman–Crippen LogP) is 10.6. The lowest BCUT2D eigenvalue weighted by Gasteiger charge is -2.11. The van der Waals surface area contributed by atoms with Gasteiger partial charge >= 0.3 is 0 Å². The third-order valence-electron chi connectivity index (χ3n) is 8.24. The molecule has 0 spiro atoms. The van der Waals surface area contributed by atoms with Crippen LogP contribution in [-0.2, 0) is 0 Å². The van der Waals surface area contributed by atoms with E-state index in [1.165, 1.54) is 32.9 Å². The van der Waals surface area contributed by atoms with Crippen molar-refractivity contribution < 1.29 is 8.83 Å². The smallest absolute Gasteiger partial charge is 0.137 e. The second-order valence-electron chi connectivity index (χ2n) is 10.6. The first kappa shape index (κ1) is 21.6. The molecule has 0 saturated heterocycles. The molecule has 0 fully saturated rings. The lowest BCUT2D eigenvalue weighted by Crippen LogP contribution is -1.94. The molecule has 0 amide bonds. The van der Waals surface area contributed by atoms with E-state index < -0.39 is 0 Å². The Labute approximate surface area is 229 Å². The molecular weight excluding hydrogens is 490 g/mol. The van der Waals surface area contributed by atoms with E-state index in [-0.39, 0.29) is 0 Å². The van der Waals surface area contributed by atoms with E-state index in [0.29, 0.717) is 0 Å². The number of aromatic nitrogens is 1. The monoisotopic (exact) mass is 513 g/mol. The zero-order chi connectivity index (χ0) is 26.4. The Morgan fingerprint density at radius 1 is 0.475 bits per heavy atom. The number of furan rings is 2. The van der Waals surface area contributed by atoms with E-state index in [0.717, 1.165) is 55.1 Å². The van der Waals surface area contributed by atoms with Gasteiger partial charge in [0.25, 0.3) is 0 Å². The van der Waals surface area contributed by atoms with Crippen LogP contribution in [0.5, 0.6) is 0 Å². The SMILES string of the molecule is Cc1ccc2oc3ccc(-c4cccc(-n5c6ccccc6c6ccc7oc8ccccc8c7c65)c4)cc3c2c1. The summed E-state index contributed by atoms with van der Waals surface area (Å²) in [5.41, 5.74) is 10.7. The molecule has 0 aliphatic heterocycles.